The number of benzene rings is 1. The van der Waals surface area contributed by atoms with Crippen molar-refractivity contribution in [2.24, 2.45) is 0 Å². The number of rotatable bonds is 5. The Labute approximate surface area is 110 Å². The molecule has 0 aliphatic rings. The second-order valence-electron chi connectivity index (χ2n) is 3.97. The van der Waals surface area contributed by atoms with Crippen molar-refractivity contribution in [1.29, 1.82) is 0 Å². The Hall–Kier alpha value is -2.21. The van der Waals surface area contributed by atoms with Gasteiger partial charge in [-0.25, -0.2) is 14.4 Å². The second kappa shape index (κ2) is 6.10. The van der Waals surface area contributed by atoms with E-state index in [0.717, 1.165) is 5.69 Å². The molecule has 0 bridgehead atoms. The zero-order valence-electron chi connectivity index (χ0n) is 10.5. The Morgan fingerprint density at radius 2 is 1.84 bits per heavy atom. The van der Waals surface area contributed by atoms with Crippen LogP contribution in [0.5, 0.6) is 0 Å². The van der Waals surface area contributed by atoms with Gasteiger partial charge in [0.1, 0.15) is 23.3 Å². The van der Waals surface area contributed by atoms with Gasteiger partial charge in [0, 0.05) is 18.3 Å². The number of aromatic nitrogens is 2. The van der Waals surface area contributed by atoms with Crippen LogP contribution in [0.3, 0.4) is 0 Å². The molecule has 0 unspecified atom stereocenters. The monoisotopic (exact) mass is 262 g/mol. The molecule has 0 saturated heterocycles. The van der Waals surface area contributed by atoms with Crippen LogP contribution in [0.15, 0.2) is 30.3 Å². The molecule has 0 atom stereocenters. The van der Waals surface area contributed by atoms with Crippen molar-refractivity contribution in [3.05, 3.63) is 42.0 Å². The maximum atomic E-state index is 12.8. The van der Waals surface area contributed by atoms with Crippen LogP contribution < -0.4 is 10.6 Å². The molecule has 1 aromatic carbocycles. The molecule has 100 valence electrons. The van der Waals surface area contributed by atoms with E-state index >= 15 is 0 Å². The summed E-state index contributed by atoms with van der Waals surface area (Å²) in [7, 11) is 0. The van der Waals surface area contributed by atoms with Crippen molar-refractivity contribution >= 4 is 17.3 Å². The molecule has 19 heavy (non-hydrogen) atoms. The molecule has 0 amide bonds. The summed E-state index contributed by atoms with van der Waals surface area (Å²) < 4.78 is 12.8. The Balaban J connectivity index is 2.15. The minimum atomic E-state index is -0.283. The van der Waals surface area contributed by atoms with Crippen LogP contribution in [0.2, 0.25) is 0 Å². The van der Waals surface area contributed by atoms with Gasteiger partial charge in [-0.3, -0.25) is 0 Å². The van der Waals surface area contributed by atoms with E-state index in [-0.39, 0.29) is 12.4 Å². The number of nitrogens with zero attached hydrogens (tertiary/aromatic N) is 2. The summed E-state index contributed by atoms with van der Waals surface area (Å²) in [5.41, 5.74) is 0.743. The Kier molecular flexibility index (Phi) is 4.25. The molecule has 5 nitrogen and oxygen atoms in total. The van der Waals surface area contributed by atoms with Crippen LogP contribution >= 0.6 is 0 Å². The van der Waals surface area contributed by atoms with Crippen molar-refractivity contribution in [3.8, 4) is 0 Å². The van der Waals surface area contributed by atoms with E-state index in [1.54, 1.807) is 25.1 Å². The lowest BCUT2D eigenvalue weighted by molar-refractivity contribution is 0.311. The van der Waals surface area contributed by atoms with Crippen LogP contribution in [0.25, 0.3) is 0 Å². The van der Waals surface area contributed by atoms with Gasteiger partial charge in [0.2, 0.25) is 0 Å². The van der Waals surface area contributed by atoms with Gasteiger partial charge in [0.25, 0.3) is 0 Å². The quantitative estimate of drug-likeness (QED) is 0.769. The predicted octanol–water partition coefficient (Wildman–Crippen LogP) is 2.07. The van der Waals surface area contributed by atoms with Crippen molar-refractivity contribution in [2.45, 2.75) is 6.92 Å². The van der Waals surface area contributed by atoms with Crippen molar-refractivity contribution in [2.75, 3.05) is 23.8 Å². The van der Waals surface area contributed by atoms with Gasteiger partial charge in [-0.1, -0.05) is 0 Å². The minimum absolute atomic E-state index is 0.0315. The van der Waals surface area contributed by atoms with E-state index in [1.807, 2.05) is 0 Å². The van der Waals surface area contributed by atoms with E-state index in [4.69, 9.17) is 5.11 Å². The molecule has 0 aliphatic heterocycles. The molecule has 0 saturated carbocycles. The van der Waals surface area contributed by atoms with Crippen LogP contribution in [-0.2, 0) is 0 Å². The minimum Gasteiger partial charge on any atom is -0.395 e. The van der Waals surface area contributed by atoms with E-state index in [9.17, 15) is 4.39 Å². The van der Waals surface area contributed by atoms with Crippen LogP contribution in [0, 0.1) is 12.7 Å². The fraction of sp³-hybridized carbons (Fsp3) is 0.231. The second-order valence-corrected chi connectivity index (χ2v) is 3.97. The highest BCUT2D eigenvalue weighted by atomic mass is 19.1. The summed E-state index contributed by atoms with van der Waals surface area (Å²) in [5.74, 6) is 1.56. The van der Waals surface area contributed by atoms with Gasteiger partial charge < -0.3 is 15.7 Å². The smallest absolute Gasteiger partial charge is 0.136 e. The zero-order chi connectivity index (χ0) is 13.7. The first-order chi connectivity index (χ1) is 9.17. The molecule has 1 heterocycles. The molecular weight excluding hydrogens is 247 g/mol. The number of anilines is 3. The SMILES string of the molecule is Cc1nc(NCCO)cc(Nc2ccc(F)cc2)n1. The number of halogens is 1. The Morgan fingerprint density at radius 1 is 1.16 bits per heavy atom. The highest BCUT2D eigenvalue weighted by molar-refractivity contribution is 5.59. The molecule has 2 rings (SSSR count). The number of aliphatic hydroxyl groups excluding tert-OH is 1. The molecule has 6 heteroatoms. The first-order valence-electron chi connectivity index (χ1n) is 5.90. The largest absolute Gasteiger partial charge is 0.395 e. The van der Waals surface area contributed by atoms with Crippen molar-refractivity contribution < 1.29 is 9.50 Å². The molecule has 0 aliphatic carbocycles. The first-order valence-corrected chi connectivity index (χ1v) is 5.90. The third kappa shape index (κ3) is 3.89. The van der Waals surface area contributed by atoms with Crippen LogP contribution in [-0.4, -0.2) is 28.2 Å². The normalized spacial score (nSPS) is 10.3. The van der Waals surface area contributed by atoms with E-state index < -0.39 is 0 Å². The fourth-order valence-corrected chi connectivity index (χ4v) is 1.59. The summed E-state index contributed by atoms with van der Waals surface area (Å²) in [5, 5.41) is 14.8. The van der Waals surface area contributed by atoms with Gasteiger partial charge in [-0.05, 0) is 31.2 Å². The summed E-state index contributed by atoms with van der Waals surface area (Å²) in [4.78, 5) is 8.43. The predicted molar refractivity (Wildman–Crippen MR) is 72.0 cm³/mol. The van der Waals surface area contributed by atoms with Crippen molar-refractivity contribution in [1.82, 2.24) is 9.97 Å². The van der Waals surface area contributed by atoms with E-state index in [0.29, 0.717) is 24.0 Å². The summed E-state index contributed by atoms with van der Waals surface area (Å²) >= 11 is 0. The highest BCUT2D eigenvalue weighted by Gasteiger charge is 2.02. The summed E-state index contributed by atoms with van der Waals surface area (Å²) in [6.07, 6.45) is 0. The lowest BCUT2D eigenvalue weighted by Crippen LogP contribution is -2.08. The lowest BCUT2D eigenvalue weighted by atomic mass is 10.3. The maximum absolute atomic E-state index is 12.8. The van der Waals surface area contributed by atoms with Gasteiger partial charge in [0.15, 0.2) is 0 Å². The molecule has 0 fully saturated rings. The topological polar surface area (TPSA) is 70.1 Å². The van der Waals surface area contributed by atoms with Crippen LogP contribution in [0.1, 0.15) is 5.82 Å². The Bertz CT molecular complexity index is 545. The van der Waals surface area contributed by atoms with Gasteiger partial charge in [-0.15, -0.1) is 0 Å². The highest BCUT2D eigenvalue weighted by Crippen LogP contribution is 2.17. The third-order valence-corrected chi connectivity index (χ3v) is 2.37. The number of aryl methyl sites for hydroxylation is 1. The first kappa shape index (κ1) is 13.2. The maximum Gasteiger partial charge on any atom is 0.136 e. The van der Waals surface area contributed by atoms with Gasteiger partial charge in [0.05, 0.1) is 6.61 Å². The molecular formula is C13H15FN4O. The molecule has 0 spiro atoms. The van der Waals surface area contributed by atoms with E-state index in [1.165, 1.54) is 12.1 Å². The molecule has 1 aromatic heterocycles. The standard InChI is InChI=1S/C13H15FN4O/c1-9-16-12(15-6-7-19)8-13(17-9)18-11-4-2-10(14)3-5-11/h2-5,8,19H,6-7H2,1H3,(H2,15,16,17,18). The van der Waals surface area contributed by atoms with Crippen molar-refractivity contribution in [3.63, 3.8) is 0 Å². The van der Waals surface area contributed by atoms with Gasteiger partial charge >= 0.3 is 0 Å². The fourth-order valence-electron chi connectivity index (χ4n) is 1.59. The molecule has 0 radical (unpaired) electrons. The Morgan fingerprint density at radius 3 is 2.53 bits per heavy atom. The molecule has 3 N–H and O–H groups in total. The average molecular weight is 262 g/mol. The number of hydrogen-bond acceptors (Lipinski definition) is 5. The average Bonchev–Trinajstić information content (AvgIpc) is 2.38. The van der Waals surface area contributed by atoms with E-state index in [2.05, 4.69) is 20.6 Å². The number of nitrogens with one attached hydrogen (secondary N) is 2. The van der Waals surface area contributed by atoms with Gasteiger partial charge in [-0.2, -0.15) is 0 Å². The third-order valence-electron chi connectivity index (χ3n) is 2.37. The summed E-state index contributed by atoms with van der Waals surface area (Å²) in [6, 6.07) is 7.75. The summed E-state index contributed by atoms with van der Waals surface area (Å²) in [6.45, 7) is 2.23. The molecule has 2 aromatic rings. The number of aliphatic hydroxyl groups is 1. The zero-order valence-corrected chi connectivity index (χ0v) is 10.5. The lowest BCUT2D eigenvalue weighted by Gasteiger charge is -2.09. The van der Waals surface area contributed by atoms with Crippen LogP contribution in [0.4, 0.5) is 21.7 Å². The number of hydrogen-bond donors (Lipinski definition) is 3.